The molecule has 4 heterocycles. The summed E-state index contributed by atoms with van der Waals surface area (Å²) in [6.07, 6.45) is 4.26. The molecular weight excluding hydrogens is 360 g/mol. The smallest absolute Gasteiger partial charge is 0.124 e. The molecule has 1 atom stereocenters. The summed E-state index contributed by atoms with van der Waals surface area (Å²) in [6.45, 7) is 8.47. The molecule has 2 saturated heterocycles. The van der Waals surface area contributed by atoms with Gasteiger partial charge in [0.15, 0.2) is 0 Å². The predicted molar refractivity (Wildman–Crippen MR) is 117 cm³/mol. The Kier molecular flexibility index (Phi) is 4.97. The van der Waals surface area contributed by atoms with Gasteiger partial charge in [-0.2, -0.15) is 0 Å². The number of aromatic amines is 1. The van der Waals surface area contributed by atoms with Crippen molar-refractivity contribution in [1.82, 2.24) is 24.8 Å². The van der Waals surface area contributed by atoms with Gasteiger partial charge in [-0.05, 0) is 57.1 Å². The standard InChI is InChI=1S/C23H30N6/c1-17-6-4-10-24-19(17)16-29-11-5-9-21(29)23-25-18-7-3-8-20(22(18)26-23)28-14-12-27(2)13-15-28/h3-4,6-8,10,21H,5,9,11-16H2,1-2H3,(H,25,26). The van der Waals surface area contributed by atoms with E-state index in [1.54, 1.807) is 0 Å². The number of aromatic nitrogens is 3. The van der Waals surface area contributed by atoms with Gasteiger partial charge in [-0.3, -0.25) is 9.88 Å². The summed E-state index contributed by atoms with van der Waals surface area (Å²) in [7, 11) is 2.20. The summed E-state index contributed by atoms with van der Waals surface area (Å²) in [5, 5.41) is 0. The van der Waals surface area contributed by atoms with Crippen LogP contribution in [0.3, 0.4) is 0 Å². The minimum atomic E-state index is 0.337. The van der Waals surface area contributed by atoms with Crippen molar-refractivity contribution in [2.75, 3.05) is 44.7 Å². The number of fused-ring (bicyclic) bond motifs is 1. The van der Waals surface area contributed by atoms with Crippen molar-refractivity contribution in [3.63, 3.8) is 0 Å². The van der Waals surface area contributed by atoms with Crippen LogP contribution in [0.15, 0.2) is 36.5 Å². The van der Waals surface area contributed by atoms with E-state index in [1.807, 2.05) is 12.3 Å². The van der Waals surface area contributed by atoms with Crippen molar-refractivity contribution in [1.29, 1.82) is 0 Å². The summed E-state index contributed by atoms with van der Waals surface area (Å²) in [5.41, 5.74) is 5.97. The zero-order chi connectivity index (χ0) is 19.8. The molecule has 0 aliphatic carbocycles. The Balaban J connectivity index is 1.42. The fourth-order valence-electron chi connectivity index (χ4n) is 4.70. The highest BCUT2D eigenvalue weighted by atomic mass is 15.3. The van der Waals surface area contributed by atoms with Crippen LogP contribution in [-0.4, -0.2) is 64.5 Å². The number of hydrogen-bond donors (Lipinski definition) is 1. The second-order valence-corrected chi connectivity index (χ2v) is 8.48. The van der Waals surface area contributed by atoms with Gasteiger partial charge in [0.25, 0.3) is 0 Å². The van der Waals surface area contributed by atoms with E-state index in [-0.39, 0.29) is 0 Å². The summed E-state index contributed by atoms with van der Waals surface area (Å²) in [6, 6.07) is 11.0. The van der Waals surface area contributed by atoms with E-state index >= 15 is 0 Å². The lowest BCUT2D eigenvalue weighted by Crippen LogP contribution is -2.44. The average molecular weight is 391 g/mol. The van der Waals surface area contributed by atoms with Gasteiger partial charge in [-0.15, -0.1) is 0 Å². The molecule has 1 unspecified atom stereocenters. The molecule has 0 saturated carbocycles. The SMILES string of the molecule is Cc1cccnc1CN1CCCC1c1nc2c(N3CCN(C)CC3)cccc2[nH]1. The third-order valence-electron chi connectivity index (χ3n) is 6.50. The number of nitrogens with one attached hydrogen (secondary N) is 1. The monoisotopic (exact) mass is 390 g/mol. The summed E-state index contributed by atoms with van der Waals surface area (Å²) in [4.78, 5) is 20.8. The van der Waals surface area contributed by atoms with Crippen molar-refractivity contribution in [2.45, 2.75) is 32.4 Å². The number of aryl methyl sites for hydroxylation is 1. The van der Waals surface area contributed by atoms with E-state index in [0.29, 0.717) is 6.04 Å². The Morgan fingerprint density at radius 1 is 1.07 bits per heavy atom. The first-order valence-corrected chi connectivity index (χ1v) is 10.8. The highest BCUT2D eigenvalue weighted by Gasteiger charge is 2.29. The Morgan fingerprint density at radius 3 is 2.76 bits per heavy atom. The third kappa shape index (κ3) is 3.63. The Hall–Kier alpha value is -2.44. The largest absolute Gasteiger partial charge is 0.367 e. The molecule has 152 valence electrons. The zero-order valence-electron chi connectivity index (χ0n) is 17.4. The minimum absolute atomic E-state index is 0.337. The number of pyridine rings is 1. The second-order valence-electron chi connectivity index (χ2n) is 8.48. The van der Waals surface area contributed by atoms with Gasteiger partial charge in [0.05, 0.1) is 22.9 Å². The number of H-pyrrole nitrogens is 1. The van der Waals surface area contributed by atoms with Crippen LogP contribution in [-0.2, 0) is 6.54 Å². The van der Waals surface area contributed by atoms with Gasteiger partial charge in [0, 0.05) is 38.9 Å². The number of likely N-dealkylation sites (N-methyl/N-ethyl adjacent to an activating group) is 1. The van der Waals surface area contributed by atoms with Crippen LogP contribution in [0.25, 0.3) is 11.0 Å². The van der Waals surface area contributed by atoms with Gasteiger partial charge in [-0.25, -0.2) is 4.98 Å². The maximum Gasteiger partial charge on any atom is 0.124 e. The molecule has 0 bridgehead atoms. The molecule has 1 aromatic carbocycles. The number of benzene rings is 1. The van der Waals surface area contributed by atoms with Crippen molar-refractivity contribution >= 4 is 16.7 Å². The lowest BCUT2D eigenvalue weighted by atomic mass is 10.2. The molecule has 29 heavy (non-hydrogen) atoms. The molecule has 1 N–H and O–H groups in total. The van der Waals surface area contributed by atoms with E-state index < -0.39 is 0 Å². The molecule has 2 aliphatic heterocycles. The molecule has 6 heteroatoms. The number of para-hydroxylation sites is 1. The minimum Gasteiger partial charge on any atom is -0.367 e. The number of nitrogens with zero attached hydrogens (tertiary/aromatic N) is 5. The van der Waals surface area contributed by atoms with Crippen molar-refractivity contribution in [2.24, 2.45) is 0 Å². The zero-order valence-corrected chi connectivity index (χ0v) is 17.4. The molecule has 0 radical (unpaired) electrons. The topological polar surface area (TPSA) is 51.3 Å². The second kappa shape index (κ2) is 7.76. The Bertz CT molecular complexity index is 988. The van der Waals surface area contributed by atoms with Crippen LogP contribution < -0.4 is 4.90 Å². The summed E-state index contributed by atoms with van der Waals surface area (Å²) >= 11 is 0. The van der Waals surface area contributed by atoms with E-state index in [2.05, 4.69) is 62.9 Å². The number of imidazole rings is 1. The number of rotatable bonds is 4. The van der Waals surface area contributed by atoms with Crippen LogP contribution in [0.2, 0.25) is 0 Å². The maximum atomic E-state index is 5.13. The summed E-state index contributed by atoms with van der Waals surface area (Å²) < 4.78 is 0. The van der Waals surface area contributed by atoms with E-state index in [4.69, 9.17) is 4.98 Å². The fraction of sp³-hybridized carbons (Fsp3) is 0.478. The van der Waals surface area contributed by atoms with Crippen molar-refractivity contribution < 1.29 is 0 Å². The maximum absolute atomic E-state index is 5.13. The van der Waals surface area contributed by atoms with Crippen LogP contribution in [0.4, 0.5) is 5.69 Å². The average Bonchev–Trinajstić information content (AvgIpc) is 3.36. The van der Waals surface area contributed by atoms with Gasteiger partial charge in [0.2, 0.25) is 0 Å². The predicted octanol–water partition coefficient (Wildman–Crippen LogP) is 3.36. The third-order valence-corrected chi connectivity index (χ3v) is 6.50. The van der Waals surface area contributed by atoms with Gasteiger partial charge < -0.3 is 14.8 Å². The van der Waals surface area contributed by atoms with Gasteiger partial charge in [0.1, 0.15) is 11.3 Å². The number of likely N-dealkylation sites (tertiary alicyclic amines) is 1. The van der Waals surface area contributed by atoms with Crippen LogP contribution in [0, 0.1) is 6.92 Å². The normalized spacial score (nSPS) is 21.3. The highest BCUT2D eigenvalue weighted by Crippen LogP contribution is 2.34. The Morgan fingerprint density at radius 2 is 1.93 bits per heavy atom. The molecule has 2 fully saturated rings. The first-order chi connectivity index (χ1) is 14.2. The van der Waals surface area contributed by atoms with Gasteiger partial charge >= 0.3 is 0 Å². The van der Waals surface area contributed by atoms with E-state index in [0.717, 1.165) is 62.5 Å². The number of anilines is 1. The first kappa shape index (κ1) is 18.6. The van der Waals surface area contributed by atoms with Crippen molar-refractivity contribution in [3.05, 3.63) is 53.6 Å². The molecular formula is C23H30N6. The van der Waals surface area contributed by atoms with Crippen LogP contribution in [0.5, 0.6) is 0 Å². The molecule has 6 nitrogen and oxygen atoms in total. The summed E-state index contributed by atoms with van der Waals surface area (Å²) in [5.74, 6) is 1.10. The van der Waals surface area contributed by atoms with E-state index in [1.165, 1.54) is 23.4 Å². The lowest BCUT2D eigenvalue weighted by Gasteiger charge is -2.34. The van der Waals surface area contributed by atoms with Crippen molar-refractivity contribution in [3.8, 4) is 0 Å². The lowest BCUT2D eigenvalue weighted by molar-refractivity contribution is 0.238. The molecule has 3 aromatic rings. The van der Waals surface area contributed by atoms with Crippen LogP contribution in [0.1, 0.15) is 36.0 Å². The van der Waals surface area contributed by atoms with Gasteiger partial charge in [-0.1, -0.05) is 12.1 Å². The fourth-order valence-corrected chi connectivity index (χ4v) is 4.70. The first-order valence-electron chi connectivity index (χ1n) is 10.8. The molecule has 2 aromatic heterocycles. The molecule has 0 spiro atoms. The molecule has 2 aliphatic rings. The molecule has 5 rings (SSSR count). The number of hydrogen-bond acceptors (Lipinski definition) is 5. The Labute approximate surface area is 172 Å². The highest BCUT2D eigenvalue weighted by molar-refractivity contribution is 5.89. The molecule has 0 amide bonds. The quantitative estimate of drug-likeness (QED) is 0.740. The van der Waals surface area contributed by atoms with Crippen LogP contribution >= 0.6 is 0 Å². The van der Waals surface area contributed by atoms with E-state index in [9.17, 15) is 0 Å². The number of piperazine rings is 1.